The average Bonchev–Trinajstić information content (AvgIpc) is 3.07. The van der Waals surface area contributed by atoms with E-state index in [0.29, 0.717) is 5.92 Å². The number of rotatable bonds is 3. The van der Waals surface area contributed by atoms with Crippen molar-refractivity contribution in [1.29, 1.82) is 0 Å². The molecule has 30 heavy (non-hydrogen) atoms. The monoisotopic (exact) mass is 388 g/mol. The molecule has 0 spiro atoms. The molecule has 0 aromatic heterocycles. The van der Waals surface area contributed by atoms with Gasteiger partial charge in [0.15, 0.2) is 0 Å². The minimum absolute atomic E-state index is 0.0664. The van der Waals surface area contributed by atoms with E-state index in [0.717, 1.165) is 6.42 Å². The molecular formula is C30H28. The van der Waals surface area contributed by atoms with Gasteiger partial charge in [0.2, 0.25) is 0 Å². The minimum atomic E-state index is 0.0664. The molecule has 0 saturated heterocycles. The molecule has 4 aromatic rings. The Morgan fingerprint density at radius 3 is 2.13 bits per heavy atom. The van der Waals surface area contributed by atoms with Gasteiger partial charge < -0.3 is 0 Å². The molecule has 0 heteroatoms. The molecule has 1 aliphatic rings. The van der Waals surface area contributed by atoms with Crippen LogP contribution in [0.4, 0.5) is 0 Å². The highest BCUT2D eigenvalue weighted by Crippen LogP contribution is 2.52. The van der Waals surface area contributed by atoms with Crippen LogP contribution < -0.4 is 0 Å². The van der Waals surface area contributed by atoms with Gasteiger partial charge in [0.05, 0.1) is 0 Å². The number of benzene rings is 4. The highest BCUT2D eigenvalue weighted by Gasteiger charge is 2.40. The highest BCUT2D eigenvalue weighted by atomic mass is 14.4. The van der Waals surface area contributed by atoms with E-state index >= 15 is 0 Å². The van der Waals surface area contributed by atoms with Gasteiger partial charge in [-0.3, -0.25) is 0 Å². The predicted molar refractivity (Wildman–Crippen MR) is 128 cm³/mol. The van der Waals surface area contributed by atoms with Crippen LogP contribution in [0.3, 0.4) is 0 Å². The first-order valence-electron chi connectivity index (χ1n) is 10.9. The topological polar surface area (TPSA) is 0 Å². The van der Waals surface area contributed by atoms with Crippen LogP contribution in [0.15, 0.2) is 97.1 Å². The molecule has 0 aliphatic heterocycles. The Morgan fingerprint density at radius 1 is 0.700 bits per heavy atom. The Balaban J connectivity index is 1.69. The summed E-state index contributed by atoms with van der Waals surface area (Å²) in [5.41, 5.74) is 11.1. The van der Waals surface area contributed by atoms with Crippen molar-refractivity contribution in [1.82, 2.24) is 0 Å². The molecule has 0 nitrogen and oxygen atoms in total. The maximum Gasteiger partial charge on any atom is 0.0183 e. The Bertz CT molecular complexity index is 1190. The largest absolute Gasteiger partial charge is 0.0622 e. The molecule has 0 radical (unpaired) electrons. The third-order valence-corrected chi connectivity index (χ3v) is 6.95. The third kappa shape index (κ3) is 2.99. The Hall–Kier alpha value is -3.12. The molecule has 1 aliphatic carbocycles. The van der Waals surface area contributed by atoms with E-state index in [1.165, 1.54) is 44.5 Å². The summed E-state index contributed by atoms with van der Waals surface area (Å²) in [6, 6.07) is 35.5. The van der Waals surface area contributed by atoms with Crippen LogP contribution in [0, 0.1) is 6.92 Å². The summed E-state index contributed by atoms with van der Waals surface area (Å²) in [5, 5.41) is 0. The first-order chi connectivity index (χ1) is 14.6. The second-order valence-electron chi connectivity index (χ2n) is 8.97. The summed E-state index contributed by atoms with van der Waals surface area (Å²) in [5.74, 6) is 0.529. The molecule has 0 bridgehead atoms. The van der Waals surface area contributed by atoms with Crippen LogP contribution in [-0.4, -0.2) is 0 Å². The van der Waals surface area contributed by atoms with E-state index in [4.69, 9.17) is 0 Å². The second-order valence-corrected chi connectivity index (χ2v) is 8.97. The molecule has 2 atom stereocenters. The van der Waals surface area contributed by atoms with Crippen LogP contribution in [0.5, 0.6) is 0 Å². The average molecular weight is 389 g/mol. The van der Waals surface area contributed by atoms with E-state index in [2.05, 4.69) is 118 Å². The van der Waals surface area contributed by atoms with Gasteiger partial charge in [0.1, 0.15) is 0 Å². The summed E-state index contributed by atoms with van der Waals surface area (Å²) < 4.78 is 0. The maximum atomic E-state index is 2.42. The van der Waals surface area contributed by atoms with E-state index in [9.17, 15) is 0 Å². The summed E-state index contributed by atoms with van der Waals surface area (Å²) in [6.07, 6.45) is 1.15. The van der Waals surface area contributed by atoms with Gasteiger partial charge in [-0.05, 0) is 69.8 Å². The molecule has 4 aromatic carbocycles. The fourth-order valence-electron chi connectivity index (χ4n) is 5.44. The second kappa shape index (κ2) is 7.29. The van der Waals surface area contributed by atoms with E-state index < -0.39 is 0 Å². The summed E-state index contributed by atoms with van der Waals surface area (Å²) in [6.45, 7) is 7.05. The lowest BCUT2D eigenvalue weighted by atomic mass is 9.77. The van der Waals surface area contributed by atoms with Gasteiger partial charge in [-0.1, -0.05) is 105 Å². The molecule has 148 valence electrons. The first kappa shape index (κ1) is 18.9. The fraction of sp³-hybridized carbons (Fsp3) is 0.200. The van der Waals surface area contributed by atoms with Gasteiger partial charge in [-0.15, -0.1) is 0 Å². The lowest BCUT2D eigenvalue weighted by molar-refractivity contribution is 0.526. The van der Waals surface area contributed by atoms with Crippen molar-refractivity contribution in [2.75, 3.05) is 0 Å². The van der Waals surface area contributed by atoms with Crippen molar-refractivity contribution >= 4 is 0 Å². The van der Waals surface area contributed by atoms with Crippen molar-refractivity contribution in [3.63, 3.8) is 0 Å². The van der Waals surface area contributed by atoms with Gasteiger partial charge in [-0.2, -0.15) is 0 Å². The number of hydrogen-bond donors (Lipinski definition) is 0. The molecule has 2 unspecified atom stereocenters. The number of aryl methyl sites for hydroxylation is 1. The smallest absolute Gasteiger partial charge is 0.0183 e. The van der Waals surface area contributed by atoms with Crippen LogP contribution in [0.25, 0.3) is 22.3 Å². The van der Waals surface area contributed by atoms with Crippen LogP contribution in [-0.2, 0) is 5.41 Å². The molecule has 0 N–H and O–H groups in total. The van der Waals surface area contributed by atoms with Crippen LogP contribution in [0.1, 0.15) is 48.4 Å². The molecule has 0 heterocycles. The van der Waals surface area contributed by atoms with Crippen LogP contribution in [0.2, 0.25) is 0 Å². The lowest BCUT2D eigenvalue weighted by Gasteiger charge is -2.27. The van der Waals surface area contributed by atoms with Crippen molar-refractivity contribution in [2.45, 2.75) is 38.5 Å². The molecule has 0 saturated carbocycles. The van der Waals surface area contributed by atoms with Crippen molar-refractivity contribution < 1.29 is 0 Å². The minimum Gasteiger partial charge on any atom is -0.0622 e. The zero-order chi connectivity index (χ0) is 20.7. The van der Waals surface area contributed by atoms with E-state index in [-0.39, 0.29) is 5.41 Å². The van der Waals surface area contributed by atoms with Gasteiger partial charge >= 0.3 is 0 Å². The van der Waals surface area contributed by atoms with Crippen molar-refractivity contribution in [3.8, 4) is 22.3 Å². The maximum absolute atomic E-state index is 2.42. The summed E-state index contributed by atoms with van der Waals surface area (Å²) in [4.78, 5) is 0. The number of fused-ring (bicyclic) bond motifs is 1. The summed E-state index contributed by atoms with van der Waals surface area (Å²) >= 11 is 0. The SMILES string of the molecule is Cc1ccc(-c2ccccc2)cc1-c1cccc2c1C(C)CC2(C)c1ccccc1. The van der Waals surface area contributed by atoms with Gasteiger partial charge in [-0.25, -0.2) is 0 Å². The third-order valence-electron chi connectivity index (χ3n) is 6.95. The summed E-state index contributed by atoms with van der Waals surface area (Å²) in [7, 11) is 0. The molecule has 5 rings (SSSR count). The highest BCUT2D eigenvalue weighted by molar-refractivity contribution is 5.79. The zero-order valence-corrected chi connectivity index (χ0v) is 18.0. The fourth-order valence-corrected chi connectivity index (χ4v) is 5.44. The Kier molecular flexibility index (Phi) is 4.59. The van der Waals surface area contributed by atoms with E-state index in [1.54, 1.807) is 0 Å². The van der Waals surface area contributed by atoms with Gasteiger partial charge in [0.25, 0.3) is 0 Å². The first-order valence-corrected chi connectivity index (χ1v) is 10.9. The molecule has 0 amide bonds. The van der Waals surface area contributed by atoms with Crippen molar-refractivity contribution in [2.24, 2.45) is 0 Å². The van der Waals surface area contributed by atoms with E-state index in [1.807, 2.05) is 0 Å². The van der Waals surface area contributed by atoms with Crippen molar-refractivity contribution in [3.05, 3.63) is 119 Å². The zero-order valence-electron chi connectivity index (χ0n) is 18.0. The number of hydrogen-bond acceptors (Lipinski definition) is 0. The quantitative estimate of drug-likeness (QED) is 0.332. The normalized spacial score (nSPS) is 20.2. The predicted octanol–water partition coefficient (Wildman–Crippen LogP) is 8.14. The molecule has 0 fully saturated rings. The Labute approximate surface area is 180 Å². The molecular weight excluding hydrogens is 360 g/mol. The van der Waals surface area contributed by atoms with Crippen LogP contribution >= 0.6 is 0 Å². The standard InChI is InChI=1S/C30H28/c1-21-17-18-24(23-11-6-4-7-12-23)19-27(21)26-15-10-16-28-29(26)22(2)20-30(28,3)25-13-8-5-9-14-25/h4-19,22H,20H2,1-3H3. The van der Waals surface area contributed by atoms with Gasteiger partial charge in [0, 0.05) is 5.41 Å². The lowest BCUT2D eigenvalue weighted by Crippen LogP contribution is -2.20. The Morgan fingerprint density at radius 2 is 1.40 bits per heavy atom.